The van der Waals surface area contributed by atoms with Gasteiger partial charge in [-0.15, -0.1) is 0 Å². The number of nitrogens with zero attached hydrogens (tertiary/aromatic N) is 2. The first-order valence-corrected chi connectivity index (χ1v) is 6.15. The van der Waals surface area contributed by atoms with Crippen LogP contribution in [0.25, 0.3) is 0 Å². The predicted molar refractivity (Wildman–Crippen MR) is 69.6 cm³/mol. The minimum Gasteiger partial charge on any atom is -0.409 e. The van der Waals surface area contributed by atoms with Gasteiger partial charge < -0.3 is 15.7 Å². The number of rotatable bonds is 4. The number of likely N-dealkylation sites (tertiary alicyclic amines) is 1. The topological polar surface area (TPSA) is 71.1 Å². The van der Waals surface area contributed by atoms with E-state index in [1.165, 1.54) is 12.1 Å². The molecule has 19 heavy (non-hydrogen) atoms. The fourth-order valence-corrected chi connectivity index (χ4v) is 2.35. The van der Waals surface area contributed by atoms with Crippen LogP contribution in [0, 0.1) is 5.82 Å². The maximum atomic E-state index is 13.2. The molecule has 0 saturated carbocycles. The van der Waals surface area contributed by atoms with E-state index in [9.17, 15) is 4.39 Å². The molecule has 0 amide bonds. The minimum atomic E-state index is -0.401. The zero-order valence-electron chi connectivity index (χ0n) is 10.8. The fourth-order valence-electron chi connectivity index (χ4n) is 2.35. The molecule has 2 rings (SSSR count). The van der Waals surface area contributed by atoms with Crippen LogP contribution in [0.2, 0.25) is 0 Å². The Morgan fingerprint density at radius 3 is 3.05 bits per heavy atom. The van der Waals surface area contributed by atoms with E-state index in [-0.39, 0.29) is 11.9 Å². The van der Waals surface area contributed by atoms with Gasteiger partial charge in [0, 0.05) is 32.3 Å². The van der Waals surface area contributed by atoms with Crippen LogP contribution < -0.4 is 5.73 Å². The third-order valence-electron chi connectivity index (χ3n) is 3.41. The Hall–Kier alpha value is -1.66. The molecule has 6 heteroatoms. The van der Waals surface area contributed by atoms with E-state index in [2.05, 4.69) is 10.1 Å². The second-order valence-corrected chi connectivity index (χ2v) is 4.67. The molecule has 1 aliphatic rings. The van der Waals surface area contributed by atoms with Crippen LogP contribution in [0.15, 0.2) is 23.4 Å². The molecule has 0 bridgehead atoms. The maximum Gasteiger partial charge on any atom is 0.170 e. The molecule has 1 heterocycles. The van der Waals surface area contributed by atoms with Gasteiger partial charge in [0.2, 0.25) is 0 Å². The lowest BCUT2D eigenvalue weighted by Gasteiger charge is -2.17. The Kier molecular flexibility index (Phi) is 4.34. The number of methoxy groups -OCH3 is 1. The first-order chi connectivity index (χ1) is 9.13. The van der Waals surface area contributed by atoms with Gasteiger partial charge in [-0.3, -0.25) is 4.90 Å². The fraction of sp³-hybridized carbons (Fsp3) is 0.462. The summed E-state index contributed by atoms with van der Waals surface area (Å²) in [4.78, 5) is 2.20. The molecule has 1 aliphatic heterocycles. The molecular formula is C13H18FN3O2. The largest absolute Gasteiger partial charge is 0.409 e. The van der Waals surface area contributed by atoms with E-state index in [0.29, 0.717) is 12.1 Å². The SMILES string of the molecule is COC1CCN(Cc2ccc(F)cc2/C(N)=N/O)C1. The highest BCUT2D eigenvalue weighted by atomic mass is 19.1. The molecule has 1 aromatic rings. The van der Waals surface area contributed by atoms with Crippen molar-refractivity contribution in [1.29, 1.82) is 0 Å². The zero-order valence-corrected chi connectivity index (χ0v) is 10.8. The number of hydrogen-bond acceptors (Lipinski definition) is 4. The summed E-state index contributed by atoms with van der Waals surface area (Å²) in [6, 6.07) is 4.34. The van der Waals surface area contributed by atoms with Crippen molar-refractivity contribution in [2.45, 2.75) is 19.1 Å². The molecule has 3 N–H and O–H groups in total. The molecule has 0 aromatic heterocycles. The average Bonchev–Trinajstić information content (AvgIpc) is 2.87. The standard InChI is InChI=1S/C13H18FN3O2/c1-19-11-4-5-17(8-11)7-9-2-3-10(14)6-12(9)13(15)16-18/h2-3,6,11,18H,4-5,7-8H2,1H3,(H2,15,16). The highest BCUT2D eigenvalue weighted by molar-refractivity contribution is 5.98. The van der Waals surface area contributed by atoms with Crippen LogP contribution >= 0.6 is 0 Å². The zero-order chi connectivity index (χ0) is 13.8. The predicted octanol–water partition coefficient (Wildman–Crippen LogP) is 1.14. The van der Waals surface area contributed by atoms with Crippen LogP contribution in [0.4, 0.5) is 4.39 Å². The molecule has 5 nitrogen and oxygen atoms in total. The number of ether oxygens (including phenoxy) is 1. The van der Waals surface area contributed by atoms with E-state index in [1.54, 1.807) is 13.2 Å². The number of hydrogen-bond donors (Lipinski definition) is 2. The van der Waals surface area contributed by atoms with Crippen molar-refractivity contribution in [3.8, 4) is 0 Å². The smallest absolute Gasteiger partial charge is 0.170 e. The molecule has 1 fully saturated rings. The third-order valence-corrected chi connectivity index (χ3v) is 3.41. The van der Waals surface area contributed by atoms with Crippen LogP contribution in [0.5, 0.6) is 0 Å². The molecule has 1 aromatic carbocycles. The minimum absolute atomic E-state index is 0.0722. The molecule has 0 radical (unpaired) electrons. The van der Waals surface area contributed by atoms with Gasteiger partial charge in [0.25, 0.3) is 0 Å². The van der Waals surface area contributed by atoms with Gasteiger partial charge in [-0.2, -0.15) is 0 Å². The Balaban J connectivity index is 2.16. The number of benzene rings is 1. The summed E-state index contributed by atoms with van der Waals surface area (Å²) in [5, 5.41) is 11.7. The Labute approximate surface area is 111 Å². The second kappa shape index (κ2) is 5.99. The number of amidine groups is 1. The molecular weight excluding hydrogens is 249 g/mol. The lowest BCUT2D eigenvalue weighted by molar-refractivity contribution is 0.107. The quantitative estimate of drug-likeness (QED) is 0.371. The van der Waals surface area contributed by atoms with Crippen molar-refractivity contribution in [3.63, 3.8) is 0 Å². The van der Waals surface area contributed by atoms with Crippen molar-refractivity contribution in [1.82, 2.24) is 4.90 Å². The number of halogens is 1. The van der Waals surface area contributed by atoms with E-state index >= 15 is 0 Å². The molecule has 0 spiro atoms. The lowest BCUT2D eigenvalue weighted by Crippen LogP contribution is -2.25. The second-order valence-electron chi connectivity index (χ2n) is 4.67. The van der Waals surface area contributed by atoms with Gasteiger partial charge in [0.1, 0.15) is 5.82 Å². The van der Waals surface area contributed by atoms with Crippen molar-refractivity contribution >= 4 is 5.84 Å². The highest BCUT2D eigenvalue weighted by Gasteiger charge is 2.23. The van der Waals surface area contributed by atoms with E-state index in [0.717, 1.165) is 25.1 Å². The van der Waals surface area contributed by atoms with Gasteiger partial charge in [0.15, 0.2) is 5.84 Å². The van der Waals surface area contributed by atoms with Crippen LogP contribution in [0.3, 0.4) is 0 Å². The van der Waals surface area contributed by atoms with Crippen molar-refractivity contribution in [3.05, 3.63) is 35.1 Å². The van der Waals surface area contributed by atoms with E-state index in [4.69, 9.17) is 15.7 Å². The molecule has 0 aliphatic carbocycles. The van der Waals surface area contributed by atoms with Crippen LogP contribution in [0.1, 0.15) is 17.5 Å². The summed E-state index contributed by atoms with van der Waals surface area (Å²) in [5.74, 6) is -0.474. The monoisotopic (exact) mass is 267 g/mol. The normalized spacial score (nSPS) is 20.9. The number of oxime groups is 1. The molecule has 1 saturated heterocycles. The van der Waals surface area contributed by atoms with Gasteiger partial charge >= 0.3 is 0 Å². The van der Waals surface area contributed by atoms with Crippen molar-refractivity contribution < 1.29 is 14.3 Å². The van der Waals surface area contributed by atoms with Crippen LogP contribution in [-0.4, -0.2) is 42.2 Å². The summed E-state index contributed by atoms with van der Waals surface area (Å²) < 4.78 is 18.6. The molecule has 1 unspecified atom stereocenters. The van der Waals surface area contributed by atoms with Gasteiger partial charge in [-0.1, -0.05) is 11.2 Å². The van der Waals surface area contributed by atoms with Gasteiger partial charge in [-0.05, 0) is 24.1 Å². The van der Waals surface area contributed by atoms with Crippen molar-refractivity contribution in [2.75, 3.05) is 20.2 Å². The highest BCUT2D eigenvalue weighted by Crippen LogP contribution is 2.18. The summed E-state index contributed by atoms with van der Waals surface area (Å²) in [6.07, 6.45) is 1.23. The van der Waals surface area contributed by atoms with E-state index < -0.39 is 5.82 Å². The first-order valence-electron chi connectivity index (χ1n) is 6.15. The Morgan fingerprint density at radius 1 is 1.63 bits per heavy atom. The van der Waals surface area contributed by atoms with Gasteiger partial charge in [0.05, 0.1) is 6.10 Å². The summed E-state index contributed by atoms with van der Waals surface area (Å²) in [5.41, 5.74) is 6.86. The summed E-state index contributed by atoms with van der Waals surface area (Å²) in [6.45, 7) is 2.39. The molecule has 1 atom stereocenters. The molecule has 104 valence electrons. The van der Waals surface area contributed by atoms with Gasteiger partial charge in [-0.25, -0.2) is 4.39 Å². The summed E-state index contributed by atoms with van der Waals surface area (Å²) in [7, 11) is 1.70. The lowest BCUT2D eigenvalue weighted by atomic mass is 10.1. The average molecular weight is 267 g/mol. The first kappa shape index (κ1) is 13.8. The Bertz CT molecular complexity index is 479. The number of nitrogens with two attached hydrogens (primary N) is 1. The van der Waals surface area contributed by atoms with E-state index in [1.807, 2.05) is 0 Å². The third kappa shape index (κ3) is 3.21. The van der Waals surface area contributed by atoms with Crippen LogP contribution in [-0.2, 0) is 11.3 Å². The van der Waals surface area contributed by atoms with Crippen molar-refractivity contribution in [2.24, 2.45) is 10.9 Å². The maximum absolute atomic E-state index is 13.2. The summed E-state index contributed by atoms with van der Waals surface area (Å²) >= 11 is 0. The Morgan fingerprint density at radius 2 is 2.42 bits per heavy atom.